The third-order valence-electron chi connectivity index (χ3n) is 13.1. The van der Waals surface area contributed by atoms with Crippen LogP contribution in [0.2, 0.25) is 0 Å². The Bertz CT molecular complexity index is 3240. The van der Waals surface area contributed by atoms with Crippen LogP contribution < -0.4 is 0 Å². The van der Waals surface area contributed by atoms with Crippen LogP contribution >= 0.6 is 0 Å². The first-order valence-electron chi connectivity index (χ1n) is 20.7. The summed E-state index contributed by atoms with van der Waals surface area (Å²) in [5.41, 5.74) is 22.6. The van der Waals surface area contributed by atoms with E-state index in [1.807, 2.05) is 0 Å². The number of hydrogen-bond donors (Lipinski definition) is 0. The van der Waals surface area contributed by atoms with E-state index in [2.05, 4.69) is 209 Å². The molecule has 10 aromatic rings. The average molecular weight is 747 g/mol. The van der Waals surface area contributed by atoms with E-state index in [9.17, 15) is 0 Å². The molecule has 2 heteroatoms. The molecule has 0 amide bonds. The Balaban J connectivity index is 1.19. The van der Waals surface area contributed by atoms with E-state index in [0.29, 0.717) is 0 Å². The molecular weight excluding hydrogens is 701 g/mol. The lowest BCUT2D eigenvalue weighted by Gasteiger charge is -2.35. The molecule has 0 atom stereocenters. The molecule has 280 valence electrons. The summed E-state index contributed by atoms with van der Waals surface area (Å²) in [6.07, 6.45) is 0. The summed E-state index contributed by atoms with van der Waals surface area (Å²) in [6, 6.07) is 60.6. The fourth-order valence-corrected chi connectivity index (χ4v) is 10.8. The quantitative estimate of drug-likeness (QED) is 0.166. The summed E-state index contributed by atoms with van der Waals surface area (Å²) in [7, 11) is 2.17. The number of hydrogen-bond acceptors (Lipinski definition) is 0. The second-order valence-electron chi connectivity index (χ2n) is 16.8. The second-order valence-corrected chi connectivity index (χ2v) is 16.8. The van der Waals surface area contributed by atoms with Crippen molar-refractivity contribution >= 4 is 43.6 Å². The van der Waals surface area contributed by atoms with Gasteiger partial charge in [0, 0.05) is 57.2 Å². The molecule has 0 unspecified atom stereocenters. The van der Waals surface area contributed by atoms with Crippen LogP contribution in [-0.4, -0.2) is 9.13 Å². The van der Waals surface area contributed by atoms with Crippen molar-refractivity contribution < 1.29 is 0 Å². The Kier molecular flexibility index (Phi) is 7.56. The van der Waals surface area contributed by atoms with E-state index in [1.54, 1.807) is 0 Å². The monoisotopic (exact) mass is 746 g/mol. The fraction of sp³-hybridized carbons (Fsp3) is 0.143. The van der Waals surface area contributed by atoms with Gasteiger partial charge in [-0.1, -0.05) is 131 Å². The zero-order chi connectivity index (χ0) is 39.4. The molecular formula is C56H46N2. The minimum atomic E-state index is -0.493. The summed E-state index contributed by atoms with van der Waals surface area (Å²) < 4.78 is 4.75. The van der Waals surface area contributed by atoms with Crippen molar-refractivity contribution in [3.8, 4) is 33.4 Å². The van der Waals surface area contributed by atoms with Crippen LogP contribution in [0.5, 0.6) is 0 Å². The zero-order valence-corrected chi connectivity index (χ0v) is 34.1. The maximum absolute atomic E-state index is 2.49. The van der Waals surface area contributed by atoms with E-state index >= 15 is 0 Å². The van der Waals surface area contributed by atoms with Crippen molar-refractivity contribution in [2.45, 2.75) is 46.6 Å². The van der Waals surface area contributed by atoms with E-state index in [0.717, 1.165) is 6.54 Å². The lowest BCUT2D eigenvalue weighted by atomic mass is 9.66. The Morgan fingerprint density at radius 3 is 1.33 bits per heavy atom. The van der Waals surface area contributed by atoms with Crippen molar-refractivity contribution in [1.29, 1.82) is 0 Å². The standard InChI is InChI=1S/C56H46N2/c1-7-58-54-15-11-9-13-45(54)49-33-41(19-23-55(49)58)39-17-21-51-47(31-39)46-30-38(40-18-22-53-48(32-40)44-12-8-10-14-52(44)57(53)6)16-20-50(46)56(51,42-26-34(2)24-35(3)27-42)43-28-36(4)25-37(5)29-43/h8-33H,7H2,1-6H3. The topological polar surface area (TPSA) is 9.86 Å². The summed E-state index contributed by atoms with van der Waals surface area (Å²) in [5.74, 6) is 0. The summed E-state index contributed by atoms with van der Waals surface area (Å²) >= 11 is 0. The molecule has 2 aromatic heterocycles. The van der Waals surface area contributed by atoms with E-state index in [4.69, 9.17) is 0 Å². The van der Waals surface area contributed by atoms with Crippen molar-refractivity contribution in [3.63, 3.8) is 0 Å². The van der Waals surface area contributed by atoms with Crippen molar-refractivity contribution in [2.75, 3.05) is 0 Å². The SMILES string of the molecule is CCn1c2ccccc2c2cc(-c3ccc4c(c3)-c3cc(-c5ccc6c(c5)c5ccccc5n6C)ccc3C4(c3cc(C)cc(C)c3)c3cc(C)cc(C)c3)ccc21. The van der Waals surface area contributed by atoms with Gasteiger partial charge in [0.1, 0.15) is 0 Å². The number of aromatic nitrogens is 2. The van der Waals surface area contributed by atoms with Gasteiger partial charge in [0.15, 0.2) is 0 Å². The molecule has 0 N–H and O–H groups in total. The Morgan fingerprint density at radius 1 is 0.397 bits per heavy atom. The third-order valence-corrected chi connectivity index (χ3v) is 13.1. The molecule has 0 radical (unpaired) electrons. The molecule has 11 rings (SSSR count). The van der Waals surface area contributed by atoms with Crippen LogP contribution in [0.15, 0.2) is 158 Å². The van der Waals surface area contributed by atoms with Gasteiger partial charge in [-0.15, -0.1) is 0 Å². The third kappa shape index (κ3) is 4.91. The maximum atomic E-state index is 2.49. The van der Waals surface area contributed by atoms with Crippen LogP contribution in [0.4, 0.5) is 0 Å². The second kappa shape index (κ2) is 12.7. The molecule has 2 heterocycles. The molecule has 0 saturated heterocycles. The molecule has 0 fully saturated rings. The Morgan fingerprint density at radius 2 is 0.793 bits per heavy atom. The molecule has 1 aliphatic rings. The molecule has 1 aliphatic carbocycles. The fourth-order valence-electron chi connectivity index (χ4n) is 10.8. The van der Waals surface area contributed by atoms with Crippen molar-refractivity contribution in [1.82, 2.24) is 9.13 Å². The van der Waals surface area contributed by atoms with Crippen LogP contribution in [-0.2, 0) is 19.0 Å². The van der Waals surface area contributed by atoms with E-state index < -0.39 is 5.41 Å². The first-order valence-corrected chi connectivity index (χ1v) is 20.7. The molecule has 2 nitrogen and oxygen atoms in total. The van der Waals surface area contributed by atoms with Gasteiger partial charge in [0.2, 0.25) is 0 Å². The predicted octanol–water partition coefficient (Wildman–Crippen LogP) is 14.4. The van der Waals surface area contributed by atoms with Crippen LogP contribution in [0, 0.1) is 27.7 Å². The summed E-state index contributed by atoms with van der Waals surface area (Å²) in [4.78, 5) is 0. The van der Waals surface area contributed by atoms with E-state index in [-0.39, 0.29) is 0 Å². The number of fused-ring (bicyclic) bond motifs is 9. The zero-order valence-electron chi connectivity index (χ0n) is 34.1. The minimum Gasteiger partial charge on any atom is -0.344 e. The lowest BCUT2D eigenvalue weighted by Crippen LogP contribution is -2.29. The number of rotatable bonds is 5. The first-order chi connectivity index (χ1) is 28.2. The van der Waals surface area contributed by atoms with Gasteiger partial charge >= 0.3 is 0 Å². The molecule has 0 bridgehead atoms. The minimum absolute atomic E-state index is 0.493. The Labute approximate surface area is 340 Å². The molecule has 0 aliphatic heterocycles. The van der Waals surface area contributed by atoms with Crippen LogP contribution in [0.3, 0.4) is 0 Å². The normalized spacial score (nSPS) is 13.2. The van der Waals surface area contributed by atoms with Gasteiger partial charge < -0.3 is 9.13 Å². The predicted molar refractivity (Wildman–Crippen MR) is 246 cm³/mol. The van der Waals surface area contributed by atoms with Gasteiger partial charge in [-0.3, -0.25) is 0 Å². The molecule has 0 saturated carbocycles. The first kappa shape index (κ1) is 34.6. The molecule has 8 aromatic carbocycles. The Hall–Kier alpha value is -6.64. The lowest BCUT2D eigenvalue weighted by molar-refractivity contribution is 0.764. The highest BCUT2D eigenvalue weighted by Gasteiger charge is 2.46. The number of benzene rings is 8. The average Bonchev–Trinajstić information content (AvgIpc) is 3.82. The number of para-hydroxylation sites is 2. The van der Waals surface area contributed by atoms with Gasteiger partial charge in [-0.25, -0.2) is 0 Å². The maximum Gasteiger partial charge on any atom is 0.0713 e. The van der Waals surface area contributed by atoms with E-state index in [1.165, 1.54) is 122 Å². The van der Waals surface area contributed by atoms with Gasteiger partial charge in [-0.2, -0.15) is 0 Å². The molecule has 58 heavy (non-hydrogen) atoms. The highest BCUT2D eigenvalue weighted by atomic mass is 15.0. The molecule has 0 spiro atoms. The highest BCUT2D eigenvalue weighted by Crippen LogP contribution is 2.58. The largest absolute Gasteiger partial charge is 0.344 e. The smallest absolute Gasteiger partial charge is 0.0713 e. The van der Waals surface area contributed by atoms with Crippen LogP contribution in [0.25, 0.3) is 77.0 Å². The highest BCUT2D eigenvalue weighted by molar-refractivity contribution is 6.10. The van der Waals surface area contributed by atoms with Gasteiger partial charge in [-0.05, 0) is 139 Å². The van der Waals surface area contributed by atoms with Gasteiger partial charge in [0.05, 0.1) is 5.41 Å². The van der Waals surface area contributed by atoms with Crippen LogP contribution in [0.1, 0.15) is 51.4 Å². The summed E-state index contributed by atoms with van der Waals surface area (Å²) in [6.45, 7) is 12.1. The number of aryl methyl sites for hydroxylation is 6. The van der Waals surface area contributed by atoms with Gasteiger partial charge in [0.25, 0.3) is 0 Å². The van der Waals surface area contributed by atoms with Crippen molar-refractivity contribution in [3.05, 3.63) is 202 Å². The summed E-state index contributed by atoms with van der Waals surface area (Å²) in [5, 5.41) is 5.20. The van der Waals surface area contributed by atoms with Crippen molar-refractivity contribution in [2.24, 2.45) is 7.05 Å². The number of nitrogens with zero attached hydrogens (tertiary/aromatic N) is 2.